The van der Waals surface area contributed by atoms with Crippen LogP contribution in [0.4, 0.5) is 13.2 Å². The maximum Gasteiger partial charge on any atom is 0.416 e. The van der Waals surface area contributed by atoms with E-state index in [2.05, 4.69) is 58.0 Å². The van der Waals surface area contributed by atoms with E-state index in [0.717, 1.165) is 58.7 Å². The Bertz CT molecular complexity index is 1990. The van der Waals surface area contributed by atoms with Crippen LogP contribution in [-0.4, -0.2) is 6.29 Å². The molecule has 0 unspecified atom stereocenters. The first kappa shape index (κ1) is 31.3. The van der Waals surface area contributed by atoms with Gasteiger partial charge in [0.2, 0.25) is 0 Å². The summed E-state index contributed by atoms with van der Waals surface area (Å²) >= 11 is 0. The second-order valence-corrected chi connectivity index (χ2v) is 13.6. The van der Waals surface area contributed by atoms with E-state index in [9.17, 15) is 18.0 Å². The summed E-state index contributed by atoms with van der Waals surface area (Å²) in [5.41, 5.74) is 6.27. The first-order valence-electron chi connectivity index (χ1n) is 15.6. The topological polar surface area (TPSA) is 26.3 Å². The van der Waals surface area contributed by atoms with Crippen LogP contribution in [-0.2, 0) is 18.2 Å². The molecule has 2 aliphatic rings. The largest absolute Gasteiger partial charge is 0.488 e. The lowest BCUT2D eigenvalue weighted by Crippen LogP contribution is -2.28. The Morgan fingerprint density at radius 1 is 0.783 bits per heavy atom. The summed E-state index contributed by atoms with van der Waals surface area (Å²) in [6.07, 6.45) is 3.18. The smallest absolute Gasteiger partial charge is 0.416 e. The van der Waals surface area contributed by atoms with Crippen molar-refractivity contribution in [2.24, 2.45) is 5.41 Å². The summed E-state index contributed by atoms with van der Waals surface area (Å²) in [4.78, 5) is 10.5. The standard InChI is InChI=1S/C30H29F3O.C11H8O/c1-28(2)15-14-23-21(16-28)17-29(3,4)27-24(23)13-10-20-6-5-7-25(26(20)27)34-18-19-8-11-22(12-9-19)30(31,32)33;12-8-9-5-6-10-3-1-2-4-11(10)7-9/h5-15H,16-18H2,1-4H3;1-8H. The average molecular weight is 619 g/mol. The predicted octanol–water partition coefficient (Wildman–Crippen LogP) is 11.5. The van der Waals surface area contributed by atoms with Gasteiger partial charge in [0.25, 0.3) is 0 Å². The van der Waals surface area contributed by atoms with Gasteiger partial charge in [-0.15, -0.1) is 0 Å². The zero-order valence-corrected chi connectivity index (χ0v) is 26.5. The van der Waals surface area contributed by atoms with E-state index in [1.54, 1.807) is 0 Å². The molecule has 0 aliphatic heterocycles. The van der Waals surface area contributed by atoms with Gasteiger partial charge < -0.3 is 4.74 Å². The zero-order valence-electron chi connectivity index (χ0n) is 26.5. The molecule has 5 aromatic carbocycles. The highest BCUT2D eigenvalue weighted by Crippen LogP contribution is 2.52. The van der Waals surface area contributed by atoms with Crippen LogP contribution in [0.5, 0.6) is 5.75 Å². The summed E-state index contributed by atoms with van der Waals surface area (Å²) in [5, 5.41) is 4.49. The third-order valence-electron chi connectivity index (χ3n) is 8.97. The Kier molecular flexibility index (Phi) is 8.14. The lowest BCUT2D eigenvalue weighted by atomic mass is 9.64. The summed E-state index contributed by atoms with van der Waals surface area (Å²) in [7, 11) is 0. The Hall–Kier alpha value is -4.64. The number of rotatable bonds is 4. The van der Waals surface area contributed by atoms with E-state index in [0.29, 0.717) is 5.56 Å². The molecular formula is C41H37F3O2. The number of alkyl halides is 3. The van der Waals surface area contributed by atoms with Crippen LogP contribution in [0.2, 0.25) is 0 Å². The Labute approximate surface area is 268 Å². The molecule has 234 valence electrons. The van der Waals surface area contributed by atoms with Crippen molar-refractivity contribution < 1.29 is 22.7 Å². The molecule has 46 heavy (non-hydrogen) atoms. The van der Waals surface area contributed by atoms with Gasteiger partial charge in [-0.2, -0.15) is 13.2 Å². The van der Waals surface area contributed by atoms with Gasteiger partial charge in [0.15, 0.2) is 0 Å². The predicted molar refractivity (Wildman–Crippen MR) is 181 cm³/mol. The quantitative estimate of drug-likeness (QED) is 0.187. The third-order valence-corrected chi connectivity index (χ3v) is 8.97. The lowest BCUT2D eigenvalue weighted by Gasteiger charge is -2.40. The fourth-order valence-electron chi connectivity index (χ4n) is 6.82. The molecule has 0 saturated heterocycles. The highest BCUT2D eigenvalue weighted by Gasteiger charge is 2.37. The molecule has 2 aliphatic carbocycles. The van der Waals surface area contributed by atoms with Crippen molar-refractivity contribution in [2.45, 2.75) is 58.7 Å². The minimum atomic E-state index is -4.34. The first-order valence-corrected chi connectivity index (χ1v) is 15.6. The molecule has 0 radical (unpaired) electrons. The number of allylic oxidation sites excluding steroid dienone is 4. The highest BCUT2D eigenvalue weighted by atomic mass is 19.4. The monoisotopic (exact) mass is 618 g/mol. The Morgan fingerprint density at radius 3 is 2.20 bits per heavy atom. The van der Waals surface area contributed by atoms with Crippen molar-refractivity contribution in [2.75, 3.05) is 0 Å². The van der Waals surface area contributed by atoms with Crippen LogP contribution < -0.4 is 4.74 Å². The molecular weight excluding hydrogens is 581 g/mol. The van der Waals surface area contributed by atoms with E-state index >= 15 is 0 Å². The van der Waals surface area contributed by atoms with Crippen molar-refractivity contribution in [3.63, 3.8) is 0 Å². The number of carbonyl (C=O) groups excluding carboxylic acids is 1. The van der Waals surface area contributed by atoms with Gasteiger partial charge in [-0.25, -0.2) is 0 Å². The van der Waals surface area contributed by atoms with Crippen LogP contribution in [0, 0.1) is 5.41 Å². The van der Waals surface area contributed by atoms with Crippen molar-refractivity contribution in [1.29, 1.82) is 0 Å². The fourth-order valence-corrected chi connectivity index (χ4v) is 6.82. The number of ether oxygens (including phenoxy) is 1. The molecule has 0 bridgehead atoms. The molecule has 5 heteroatoms. The number of benzene rings is 5. The third kappa shape index (κ3) is 6.37. The lowest BCUT2D eigenvalue weighted by molar-refractivity contribution is -0.137. The van der Waals surface area contributed by atoms with Gasteiger partial charge in [-0.05, 0) is 86.4 Å². The van der Waals surface area contributed by atoms with Crippen LogP contribution in [0.15, 0.2) is 115 Å². The van der Waals surface area contributed by atoms with E-state index in [4.69, 9.17) is 4.74 Å². The normalized spacial score (nSPS) is 16.3. The molecule has 0 aromatic heterocycles. The van der Waals surface area contributed by atoms with Crippen molar-refractivity contribution >= 4 is 33.4 Å². The molecule has 0 heterocycles. The van der Waals surface area contributed by atoms with Crippen LogP contribution in [0.25, 0.3) is 27.1 Å². The molecule has 0 saturated carbocycles. The van der Waals surface area contributed by atoms with E-state index in [1.807, 2.05) is 54.6 Å². The summed E-state index contributed by atoms with van der Waals surface area (Å²) < 4.78 is 44.9. The molecule has 0 N–H and O–H groups in total. The molecule has 7 rings (SSSR count). The number of hydrogen-bond acceptors (Lipinski definition) is 2. The van der Waals surface area contributed by atoms with Crippen LogP contribution in [0.3, 0.4) is 0 Å². The minimum absolute atomic E-state index is 0.0667. The van der Waals surface area contributed by atoms with Crippen molar-refractivity contribution in [3.8, 4) is 5.75 Å². The van der Waals surface area contributed by atoms with Crippen molar-refractivity contribution in [1.82, 2.24) is 0 Å². The SMILES string of the molecule is CC1(C)C=CC2=C(C1)CC(C)(C)c1c2ccc2cccc(OCc3ccc(C(F)(F)F)cc3)c12.O=Cc1ccc2ccccc2c1. The second-order valence-electron chi connectivity index (χ2n) is 13.6. The van der Waals surface area contributed by atoms with Crippen molar-refractivity contribution in [3.05, 3.63) is 143 Å². The summed E-state index contributed by atoms with van der Waals surface area (Å²) in [6, 6.07) is 29.3. The van der Waals surface area contributed by atoms with Gasteiger partial charge in [0.1, 0.15) is 18.6 Å². The molecule has 0 fully saturated rings. The zero-order chi connectivity index (χ0) is 32.7. The number of hydrogen-bond donors (Lipinski definition) is 0. The first-order chi connectivity index (χ1) is 21.8. The van der Waals surface area contributed by atoms with Gasteiger partial charge in [0, 0.05) is 10.9 Å². The molecule has 2 nitrogen and oxygen atoms in total. The highest BCUT2D eigenvalue weighted by molar-refractivity contribution is 5.98. The van der Waals surface area contributed by atoms with E-state index in [1.165, 1.54) is 39.8 Å². The Morgan fingerprint density at radius 2 is 1.48 bits per heavy atom. The van der Waals surface area contributed by atoms with Crippen LogP contribution in [0.1, 0.15) is 73.1 Å². The van der Waals surface area contributed by atoms with Gasteiger partial charge in [0.05, 0.1) is 5.56 Å². The molecule has 0 amide bonds. The molecule has 5 aromatic rings. The number of halogens is 3. The summed E-state index contributed by atoms with van der Waals surface area (Å²) in [6.45, 7) is 9.37. The van der Waals surface area contributed by atoms with Gasteiger partial charge in [-0.1, -0.05) is 118 Å². The van der Waals surface area contributed by atoms with Crippen LogP contribution >= 0.6 is 0 Å². The fraction of sp³-hybridized carbons (Fsp3) is 0.244. The molecule has 0 atom stereocenters. The molecule has 0 spiro atoms. The number of fused-ring (bicyclic) bond motifs is 5. The Balaban J connectivity index is 0.000000259. The maximum atomic E-state index is 12.9. The van der Waals surface area contributed by atoms with E-state index in [-0.39, 0.29) is 17.4 Å². The minimum Gasteiger partial charge on any atom is -0.488 e. The maximum absolute atomic E-state index is 12.9. The summed E-state index contributed by atoms with van der Waals surface area (Å²) in [5.74, 6) is 0.770. The number of aldehydes is 1. The van der Waals surface area contributed by atoms with E-state index < -0.39 is 11.7 Å². The van der Waals surface area contributed by atoms with Gasteiger partial charge in [-0.3, -0.25) is 4.79 Å². The number of carbonyl (C=O) groups is 1. The average Bonchev–Trinajstić information content (AvgIpc) is 3.02. The van der Waals surface area contributed by atoms with Gasteiger partial charge >= 0.3 is 6.18 Å². The second kappa shape index (κ2) is 11.9.